The highest BCUT2D eigenvalue weighted by atomic mass is 16.5. The minimum absolute atomic E-state index is 0.160. The molecule has 98 valence electrons. The molecule has 0 saturated carbocycles. The predicted molar refractivity (Wildman–Crippen MR) is 59.9 cm³/mol. The number of hydrogen-bond acceptors (Lipinski definition) is 5. The number of carboxylic acids is 1. The van der Waals surface area contributed by atoms with Crippen LogP contribution < -0.4 is 5.43 Å². The Bertz CT molecular complexity index is 436. The molecule has 0 spiro atoms. The summed E-state index contributed by atoms with van der Waals surface area (Å²) in [6.45, 7) is 2.34. The minimum Gasteiger partial charge on any atom is -0.481 e. The maximum atomic E-state index is 11.9. The van der Waals surface area contributed by atoms with Crippen LogP contribution in [0.3, 0.4) is 0 Å². The maximum Gasteiger partial charge on any atom is 0.311 e. The highest BCUT2D eigenvalue weighted by molar-refractivity contribution is 5.95. The van der Waals surface area contributed by atoms with Gasteiger partial charge in [0.15, 0.2) is 0 Å². The number of nitrogens with zero attached hydrogens (tertiary/aromatic N) is 1. The Labute approximate surface area is 103 Å². The third-order valence-electron chi connectivity index (χ3n) is 2.57. The molecule has 7 heteroatoms. The van der Waals surface area contributed by atoms with Crippen LogP contribution in [0.2, 0.25) is 0 Å². The van der Waals surface area contributed by atoms with E-state index in [1.807, 2.05) is 0 Å². The molecule has 2 heterocycles. The number of carbonyl (C=O) groups is 2. The van der Waals surface area contributed by atoms with E-state index in [2.05, 4.69) is 5.43 Å². The van der Waals surface area contributed by atoms with Gasteiger partial charge in [0, 0.05) is 13.1 Å². The highest BCUT2D eigenvalue weighted by Crippen LogP contribution is 2.11. The van der Waals surface area contributed by atoms with Crippen molar-refractivity contribution in [3.63, 3.8) is 0 Å². The van der Waals surface area contributed by atoms with Crippen molar-refractivity contribution in [2.45, 2.75) is 6.42 Å². The van der Waals surface area contributed by atoms with Crippen molar-refractivity contribution >= 4 is 11.9 Å². The summed E-state index contributed by atoms with van der Waals surface area (Å²) in [7, 11) is 0. The van der Waals surface area contributed by atoms with Gasteiger partial charge in [0.1, 0.15) is 12.2 Å². The van der Waals surface area contributed by atoms with E-state index in [1.54, 1.807) is 5.01 Å². The molecule has 0 atom stereocenters. The van der Waals surface area contributed by atoms with E-state index in [-0.39, 0.29) is 23.7 Å². The molecule has 7 nitrogen and oxygen atoms in total. The number of hydrazine groups is 1. The Morgan fingerprint density at radius 1 is 1.39 bits per heavy atom. The normalized spacial score (nSPS) is 16.4. The number of nitrogens with one attached hydrogen (secondary N) is 1. The number of amides is 1. The zero-order chi connectivity index (χ0) is 13.0. The summed E-state index contributed by atoms with van der Waals surface area (Å²) in [5, 5.41) is 10.4. The lowest BCUT2D eigenvalue weighted by molar-refractivity contribution is -0.136. The molecule has 1 aromatic heterocycles. The Morgan fingerprint density at radius 3 is 2.78 bits per heavy atom. The van der Waals surface area contributed by atoms with Crippen LogP contribution in [0.1, 0.15) is 16.1 Å². The molecule has 1 amide bonds. The fourth-order valence-corrected chi connectivity index (χ4v) is 1.70. The SMILES string of the molecule is O=C(O)Cc1occc1C(=O)NN1CCOCC1. The van der Waals surface area contributed by atoms with Crippen molar-refractivity contribution < 1.29 is 23.8 Å². The van der Waals surface area contributed by atoms with E-state index in [0.29, 0.717) is 26.3 Å². The Balaban J connectivity index is 1.99. The van der Waals surface area contributed by atoms with E-state index in [9.17, 15) is 9.59 Å². The predicted octanol–water partition coefficient (Wildman–Crippen LogP) is -0.116. The number of ether oxygens (including phenoxy) is 1. The number of morpholine rings is 1. The molecule has 0 radical (unpaired) electrons. The number of carbonyl (C=O) groups excluding carboxylic acids is 1. The van der Waals surface area contributed by atoms with Gasteiger partial charge in [0.25, 0.3) is 5.91 Å². The molecule has 1 fully saturated rings. The smallest absolute Gasteiger partial charge is 0.311 e. The van der Waals surface area contributed by atoms with Crippen LogP contribution in [0.5, 0.6) is 0 Å². The monoisotopic (exact) mass is 254 g/mol. The van der Waals surface area contributed by atoms with Crippen LogP contribution >= 0.6 is 0 Å². The molecule has 1 aromatic rings. The first kappa shape index (κ1) is 12.6. The van der Waals surface area contributed by atoms with Crippen LogP contribution in [0.25, 0.3) is 0 Å². The second kappa shape index (κ2) is 5.65. The Kier molecular flexibility index (Phi) is 3.96. The van der Waals surface area contributed by atoms with E-state index in [1.165, 1.54) is 12.3 Å². The number of aliphatic carboxylic acids is 1. The average molecular weight is 254 g/mol. The molecule has 0 unspecified atom stereocenters. The summed E-state index contributed by atoms with van der Waals surface area (Å²) in [6.07, 6.45) is 1.01. The van der Waals surface area contributed by atoms with Crippen molar-refractivity contribution in [3.05, 3.63) is 23.7 Å². The van der Waals surface area contributed by atoms with Crippen molar-refractivity contribution in [3.8, 4) is 0 Å². The molecule has 2 N–H and O–H groups in total. The van der Waals surface area contributed by atoms with Crippen molar-refractivity contribution in [2.75, 3.05) is 26.3 Å². The van der Waals surface area contributed by atoms with Crippen LogP contribution in [0.15, 0.2) is 16.7 Å². The second-order valence-corrected chi connectivity index (χ2v) is 3.87. The van der Waals surface area contributed by atoms with Crippen LogP contribution in [0.4, 0.5) is 0 Å². The van der Waals surface area contributed by atoms with E-state index >= 15 is 0 Å². The summed E-state index contributed by atoms with van der Waals surface area (Å²) >= 11 is 0. The third kappa shape index (κ3) is 3.08. The molecule has 1 saturated heterocycles. The maximum absolute atomic E-state index is 11.9. The van der Waals surface area contributed by atoms with Gasteiger partial charge in [-0.2, -0.15) is 0 Å². The standard InChI is InChI=1S/C11H14N2O5/c14-10(15)7-9-8(1-4-18-9)11(16)12-13-2-5-17-6-3-13/h1,4H,2-3,5-7H2,(H,12,16)(H,14,15). The zero-order valence-electron chi connectivity index (χ0n) is 9.72. The summed E-state index contributed by atoms with van der Waals surface area (Å²) in [6, 6.07) is 1.47. The van der Waals surface area contributed by atoms with Crippen LogP contribution in [-0.2, 0) is 16.0 Å². The quantitative estimate of drug-likeness (QED) is 0.778. The third-order valence-corrected chi connectivity index (χ3v) is 2.57. The van der Waals surface area contributed by atoms with Gasteiger partial charge in [-0.15, -0.1) is 0 Å². The number of hydrogen-bond donors (Lipinski definition) is 2. The minimum atomic E-state index is -1.04. The molecule has 2 rings (SSSR count). The first-order chi connectivity index (χ1) is 8.66. The first-order valence-corrected chi connectivity index (χ1v) is 5.58. The van der Waals surface area contributed by atoms with Crippen LogP contribution in [-0.4, -0.2) is 48.3 Å². The van der Waals surface area contributed by atoms with Gasteiger partial charge in [-0.05, 0) is 6.07 Å². The Hall–Kier alpha value is -1.86. The van der Waals surface area contributed by atoms with Crippen LogP contribution in [0, 0.1) is 0 Å². The summed E-state index contributed by atoms with van der Waals surface area (Å²) in [4.78, 5) is 22.5. The van der Waals surface area contributed by atoms with E-state index in [4.69, 9.17) is 14.3 Å². The van der Waals surface area contributed by atoms with Gasteiger partial charge < -0.3 is 14.3 Å². The molecule has 0 aromatic carbocycles. The molecule has 0 bridgehead atoms. The molecule has 1 aliphatic rings. The van der Waals surface area contributed by atoms with Crippen molar-refractivity contribution in [2.24, 2.45) is 0 Å². The Morgan fingerprint density at radius 2 is 2.11 bits per heavy atom. The van der Waals surface area contributed by atoms with Crippen molar-refractivity contribution in [1.29, 1.82) is 0 Å². The molecule has 0 aliphatic carbocycles. The fourth-order valence-electron chi connectivity index (χ4n) is 1.70. The molecule has 1 aliphatic heterocycles. The average Bonchev–Trinajstić information content (AvgIpc) is 2.77. The second-order valence-electron chi connectivity index (χ2n) is 3.87. The lowest BCUT2D eigenvalue weighted by Crippen LogP contribution is -2.48. The lowest BCUT2D eigenvalue weighted by atomic mass is 10.2. The fraction of sp³-hybridized carbons (Fsp3) is 0.455. The number of carboxylic acid groups (broad SMARTS) is 1. The first-order valence-electron chi connectivity index (χ1n) is 5.58. The van der Waals surface area contributed by atoms with Gasteiger partial charge >= 0.3 is 5.97 Å². The van der Waals surface area contributed by atoms with Gasteiger partial charge in [0.2, 0.25) is 0 Å². The summed E-state index contributed by atoms with van der Waals surface area (Å²) in [5.74, 6) is -1.24. The molecular formula is C11H14N2O5. The largest absolute Gasteiger partial charge is 0.481 e. The number of rotatable bonds is 4. The van der Waals surface area contributed by atoms with Crippen molar-refractivity contribution in [1.82, 2.24) is 10.4 Å². The highest BCUT2D eigenvalue weighted by Gasteiger charge is 2.20. The van der Waals surface area contributed by atoms with Gasteiger partial charge in [0.05, 0.1) is 25.0 Å². The van der Waals surface area contributed by atoms with E-state index < -0.39 is 5.97 Å². The summed E-state index contributed by atoms with van der Waals surface area (Å²) in [5.41, 5.74) is 2.95. The number of furan rings is 1. The van der Waals surface area contributed by atoms with Gasteiger partial charge in [-0.25, -0.2) is 5.01 Å². The lowest BCUT2D eigenvalue weighted by Gasteiger charge is -2.26. The topological polar surface area (TPSA) is 92.0 Å². The molecule has 18 heavy (non-hydrogen) atoms. The zero-order valence-corrected chi connectivity index (χ0v) is 9.72. The van der Waals surface area contributed by atoms with E-state index in [0.717, 1.165) is 0 Å². The summed E-state index contributed by atoms with van der Waals surface area (Å²) < 4.78 is 10.2. The molecular weight excluding hydrogens is 240 g/mol. The van der Waals surface area contributed by atoms with Gasteiger partial charge in [-0.1, -0.05) is 0 Å². The van der Waals surface area contributed by atoms with Gasteiger partial charge in [-0.3, -0.25) is 15.0 Å².